The monoisotopic (exact) mass is 285 g/mol. The maximum absolute atomic E-state index is 4.48. The number of nitrogens with zero attached hydrogens (tertiary/aromatic N) is 4. The summed E-state index contributed by atoms with van der Waals surface area (Å²) in [5.74, 6) is 2.59. The highest BCUT2D eigenvalue weighted by Gasteiger charge is 2.33. The third kappa shape index (κ3) is 2.50. The number of nitrogens with one attached hydrogen (secondary N) is 1. The van der Waals surface area contributed by atoms with Crippen LogP contribution < -0.4 is 0 Å². The van der Waals surface area contributed by atoms with E-state index in [0.717, 1.165) is 30.2 Å². The van der Waals surface area contributed by atoms with Gasteiger partial charge in [0.05, 0.1) is 0 Å². The summed E-state index contributed by atoms with van der Waals surface area (Å²) in [6.45, 7) is 3.67. The van der Waals surface area contributed by atoms with Crippen molar-refractivity contribution < 1.29 is 0 Å². The number of aromatic amines is 1. The molecule has 2 fully saturated rings. The van der Waals surface area contributed by atoms with Crippen molar-refractivity contribution in [2.24, 2.45) is 5.92 Å². The molecule has 0 saturated carbocycles. The number of imidazole rings is 2. The molecule has 0 aliphatic carbocycles. The summed E-state index contributed by atoms with van der Waals surface area (Å²) in [5, 5.41) is 0. The first-order chi connectivity index (χ1) is 10.4. The highest BCUT2D eigenvalue weighted by molar-refractivity contribution is 5.43. The van der Waals surface area contributed by atoms with E-state index in [4.69, 9.17) is 0 Å². The van der Waals surface area contributed by atoms with E-state index in [-0.39, 0.29) is 0 Å². The molecular weight excluding hydrogens is 262 g/mol. The van der Waals surface area contributed by atoms with Crippen molar-refractivity contribution in [1.82, 2.24) is 24.4 Å². The fraction of sp³-hybridized carbons (Fsp3) is 0.625. The SMILES string of the molecule is c1c[nH]c(-c2nccn2C[C@@H]2CCCN3CCCC[C@H]23)n1. The molecule has 112 valence electrons. The molecule has 2 atom stereocenters. The minimum absolute atomic E-state index is 0.752. The molecule has 0 radical (unpaired) electrons. The molecule has 0 bridgehead atoms. The first-order valence-corrected chi connectivity index (χ1v) is 8.17. The molecule has 4 rings (SSSR count). The molecule has 21 heavy (non-hydrogen) atoms. The maximum Gasteiger partial charge on any atom is 0.176 e. The Kier molecular flexibility index (Phi) is 3.51. The van der Waals surface area contributed by atoms with E-state index < -0.39 is 0 Å². The number of rotatable bonds is 3. The summed E-state index contributed by atoms with van der Waals surface area (Å²) >= 11 is 0. The average molecular weight is 285 g/mol. The van der Waals surface area contributed by atoms with E-state index in [1.54, 1.807) is 6.20 Å². The van der Waals surface area contributed by atoms with Crippen molar-refractivity contribution in [3.8, 4) is 11.6 Å². The summed E-state index contributed by atoms with van der Waals surface area (Å²) in [6, 6.07) is 0.777. The van der Waals surface area contributed by atoms with E-state index in [2.05, 4.69) is 30.6 Å². The van der Waals surface area contributed by atoms with Gasteiger partial charge in [0.1, 0.15) is 0 Å². The van der Waals surface area contributed by atoms with Crippen LogP contribution in [-0.4, -0.2) is 43.6 Å². The smallest absolute Gasteiger partial charge is 0.176 e. The lowest BCUT2D eigenvalue weighted by molar-refractivity contribution is 0.0521. The van der Waals surface area contributed by atoms with E-state index in [0.29, 0.717) is 0 Å². The van der Waals surface area contributed by atoms with Gasteiger partial charge in [0.2, 0.25) is 0 Å². The number of H-pyrrole nitrogens is 1. The van der Waals surface area contributed by atoms with Gasteiger partial charge in [0.25, 0.3) is 0 Å². The summed E-state index contributed by atoms with van der Waals surface area (Å²) in [7, 11) is 0. The van der Waals surface area contributed by atoms with Gasteiger partial charge in [-0.05, 0) is 44.7 Å². The van der Waals surface area contributed by atoms with Crippen LogP contribution in [0.5, 0.6) is 0 Å². The van der Waals surface area contributed by atoms with Crippen LogP contribution in [0, 0.1) is 5.92 Å². The predicted octanol–water partition coefficient (Wildman–Crippen LogP) is 2.54. The fourth-order valence-corrected chi connectivity index (χ4v) is 4.10. The number of fused-ring (bicyclic) bond motifs is 1. The van der Waals surface area contributed by atoms with Gasteiger partial charge in [-0.2, -0.15) is 0 Å². The lowest BCUT2D eigenvalue weighted by Crippen LogP contribution is -2.49. The molecule has 2 saturated heterocycles. The predicted molar refractivity (Wildman–Crippen MR) is 81.7 cm³/mol. The number of aromatic nitrogens is 4. The fourth-order valence-electron chi connectivity index (χ4n) is 4.10. The Balaban J connectivity index is 1.54. The molecule has 0 amide bonds. The zero-order chi connectivity index (χ0) is 14.1. The Labute approximate surface area is 125 Å². The molecule has 2 aliphatic heterocycles. The molecule has 1 N–H and O–H groups in total. The normalized spacial score (nSPS) is 26.7. The van der Waals surface area contributed by atoms with Gasteiger partial charge in [-0.25, -0.2) is 9.97 Å². The second-order valence-corrected chi connectivity index (χ2v) is 6.34. The van der Waals surface area contributed by atoms with Crippen molar-refractivity contribution in [3.05, 3.63) is 24.8 Å². The Morgan fingerprint density at radius 3 is 2.95 bits per heavy atom. The Hall–Kier alpha value is -1.62. The third-order valence-electron chi connectivity index (χ3n) is 5.09. The minimum atomic E-state index is 0.752. The Bertz CT molecular complexity index is 571. The van der Waals surface area contributed by atoms with Crippen LogP contribution in [0.4, 0.5) is 0 Å². The van der Waals surface area contributed by atoms with Crippen molar-refractivity contribution in [1.29, 1.82) is 0 Å². The van der Waals surface area contributed by atoms with Crippen molar-refractivity contribution in [2.45, 2.75) is 44.7 Å². The van der Waals surface area contributed by atoms with Crippen LogP contribution >= 0.6 is 0 Å². The molecule has 5 nitrogen and oxygen atoms in total. The topological polar surface area (TPSA) is 49.7 Å². The van der Waals surface area contributed by atoms with Crippen LogP contribution in [0.1, 0.15) is 32.1 Å². The quantitative estimate of drug-likeness (QED) is 0.943. The van der Waals surface area contributed by atoms with Crippen LogP contribution in [0.2, 0.25) is 0 Å². The molecule has 0 aromatic carbocycles. The highest BCUT2D eigenvalue weighted by Crippen LogP contribution is 2.32. The van der Waals surface area contributed by atoms with Gasteiger partial charge in [-0.15, -0.1) is 0 Å². The van der Waals surface area contributed by atoms with Crippen molar-refractivity contribution >= 4 is 0 Å². The summed E-state index contributed by atoms with van der Waals surface area (Å²) in [5.41, 5.74) is 0. The maximum atomic E-state index is 4.48. The number of hydrogen-bond donors (Lipinski definition) is 1. The van der Waals surface area contributed by atoms with E-state index >= 15 is 0 Å². The number of piperidine rings is 2. The average Bonchev–Trinajstić information content (AvgIpc) is 3.18. The zero-order valence-electron chi connectivity index (χ0n) is 12.4. The van der Waals surface area contributed by atoms with Crippen molar-refractivity contribution in [2.75, 3.05) is 13.1 Å². The minimum Gasteiger partial charge on any atom is -0.342 e. The van der Waals surface area contributed by atoms with Gasteiger partial charge in [-0.1, -0.05) is 6.42 Å². The second kappa shape index (κ2) is 5.64. The van der Waals surface area contributed by atoms with E-state index in [1.807, 2.05) is 12.4 Å². The molecular formula is C16H23N5. The van der Waals surface area contributed by atoms with Gasteiger partial charge < -0.3 is 14.5 Å². The van der Waals surface area contributed by atoms with Crippen LogP contribution in [0.25, 0.3) is 11.6 Å². The summed E-state index contributed by atoms with van der Waals surface area (Å²) in [6.07, 6.45) is 14.5. The highest BCUT2D eigenvalue weighted by atomic mass is 15.2. The molecule has 2 aromatic heterocycles. The summed E-state index contributed by atoms with van der Waals surface area (Å²) in [4.78, 5) is 14.7. The van der Waals surface area contributed by atoms with Crippen LogP contribution in [-0.2, 0) is 6.54 Å². The Morgan fingerprint density at radius 2 is 2.05 bits per heavy atom. The van der Waals surface area contributed by atoms with E-state index in [9.17, 15) is 0 Å². The molecule has 0 spiro atoms. The van der Waals surface area contributed by atoms with Crippen LogP contribution in [0.15, 0.2) is 24.8 Å². The van der Waals surface area contributed by atoms with Gasteiger partial charge in [0.15, 0.2) is 11.6 Å². The van der Waals surface area contributed by atoms with Crippen molar-refractivity contribution in [3.63, 3.8) is 0 Å². The summed E-state index contributed by atoms with van der Waals surface area (Å²) < 4.78 is 2.28. The Morgan fingerprint density at radius 1 is 1.10 bits per heavy atom. The molecule has 0 unspecified atom stereocenters. The lowest BCUT2D eigenvalue weighted by Gasteiger charge is -2.44. The first kappa shape index (κ1) is 13.1. The molecule has 5 heteroatoms. The zero-order valence-corrected chi connectivity index (χ0v) is 12.4. The lowest BCUT2D eigenvalue weighted by atomic mass is 9.83. The standard InChI is InChI=1S/C16H23N5/c1-2-9-20-10-3-4-13(14(20)5-1)12-21-11-8-19-16(21)15-17-6-7-18-15/h6-8,11,13-14H,1-5,9-10,12H2,(H,17,18)/t13-,14+/m0/s1. The number of hydrogen-bond acceptors (Lipinski definition) is 3. The second-order valence-electron chi connectivity index (χ2n) is 6.34. The first-order valence-electron chi connectivity index (χ1n) is 8.17. The largest absolute Gasteiger partial charge is 0.342 e. The van der Waals surface area contributed by atoms with Crippen LogP contribution in [0.3, 0.4) is 0 Å². The molecule has 4 heterocycles. The van der Waals surface area contributed by atoms with Gasteiger partial charge in [0, 0.05) is 37.4 Å². The third-order valence-corrected chi connectivity index (χ3v) is 5.09. The molecule has 2 aromatic rings. The molecule has 2 aliphatic rings. The van der Waals surface area contributed by atoms with E-state index in [1.165, 1.54) is 45.2 Å². The van der Waals surface area contributed by atoms with Gasteiger partial charge in [-0.3, -0.25) is 0 Å². The van der Waals surface area contributed by atoms with Gasteiger partial charge >= 0.3 is 0 Å².